The van der Waals surface area contributed by atoms with Crippen molar-refractivity contribution < 1.29 is 14.2 Å². The molecule has 2 unspecified atom stereocenters. The molecule has 4 heteroatoms. The van der Waals surface area contributed by atoms with Crippen molar-refractivity contribution in [3.05, 3.63) is 23.8 Å². The second kappa shape index (κ2) is 8.82. The number of ether oxygens (including phenoxy) is 3. The minimum atomic E-state index is 0.0626. The fraction of sp³-hybridized carbons (Fsp3) is 0.625. The first-order valence-electron chi connectivity index (χ1n) is 7.24. The molecule has 1 aromatic rings. The standard InChI is InChI=1S/C16H27NO3/c1-6-10-17-16(12(3)20-7-2)14-11-13(18-4)8-9-15(14)19-5/h8-9,11-12,16-17H,6-7,10H2,1-5H3. The molecular weight excluding hydrogens is 254 g/mol. The van der Waals surface area contributed by atoms with Crippen LogP contribution in [0.15, 0.2) is 18.2 Å². The van der Waals surface area contributed by atoms with E-state index < -0.39 is 0 Å². The molecule has 114 valence electrons. The lowest BCUT2D eigenvalue weighted by molar-refractivity contribution is 0.0465. The van der Waals surface area contributed by atoms with Gasteiger partial charge in [-0.25, -0.2) is 0 Å². The maximum atomic E-state index is 5.77. The zero-order chi connectivity index (χ0) is 15.0. The van der Waals surface area contributed by atoms with Crippen LogP contribution in [0.25, 0.3) is 0 Å². The summed E-state index contributed by atoms with van der Waals surface area (Å²) in [5, 5.41) is 3.54. The molecule has 20 heavy (non-hydrogen) atoms. The second-order valence-corrected chi connectivity index (χ2v) is 4.70. The molecule has 1 N–H and O–H groups in total. The van der Waals surface area contributed by atoms with Crippen LogP contribution >= 0.6 is 0 Å². The SMILES string of the molecule is CCCNC(c1cc(OC)ccc1OC)C(C)OCC. The lowest BCUT2D eigenvalue weighted by Crippen LogP contribution is -2.33. The number of nitrogens with one attached hydrogen (secondary N) is 1. The number of hydrogen-bond donors (Lipinski definition) is 1. The van der Waals surface area contributed by atoms with Gasteiger partial charge in [0.05, 0.1) is 26.4 Å². The summed E-state index contributed by atoms with van der Waals surface area (Å²) in [6.45, 7) is 7.87. The van der Waals surface area contributed by atoms with E-state index in [4.69, 9.17) is 14.2 Å². The van der Waals surface area contributed by atoms with Crippen LogP contribution in [0.5, 0.6) is 11.5 Å². The second-order valence-electron chi connectivity index (χ2n) is 4.70. The summed E-state index contributed by atoms with van der Waals surface area (Å²) in [6.07, 6.45) is 1.13. The molecule has 4 nitrogen and oxygen atoms in total. The van der Waals surface area contributed by atoms with Crippen LogP contribution in [0.2, 0.25) is 0 Å². The molecule has 1 aromatic carbocycles. The third-order valence-electron chi connectivity index (χ3n) is 3.29. The van der Waals surface area contributed by atoms with E-state index >= 15 is 0 Å². The van der Waals surface area contributed by atoms with E-state index in [2.05, 4.69) is 19.2 Å². The molecule has 0 saturated heterocycles. The van der Waals surface area contributed by atoms with Gasteiger partial charge in [-0.15, -0.1) is 0 Å². The summed E-state index contributed by atoms with van der Waals surface area (Å²) in [5.74, 6) is 1.68. The largest absolute Gasteiger partial charge is 0.497 e. The van der Waals surface area contributed by atoms with Gasteiger partial charge in [-0.05, 0) is 45.0 Å². The molecule has 0 saturated carbocycles. The van der Waals surface area contributed by atoms with Crippen molar-refractivity contribution in [2.45, 2.75) is 39.3 Å². The highest BCUT2D eigenvalue weighted by Crippen LogP contribution is 2.32. The first kappa shape index (κ1) is 16.8. The Morgan fingerprint density at radius 1 is 1.15 bits per heavy atom. The van der Waals surface area contributed by atoms with E-state index in [0.717, 1.165) is 30.0 Å². The number of benzene rings is 1. The quantitative estimate of drug-likeness (QED) is 0.754. The summed E-state index contributed by atoms with van der Waals surface area (Å²) in [5.41, 5.74) is 1.07. The van der Waals surface area contributed by atoms with Crippen LogP contribution in [-0.2, 0) is 4.74 Å². The first-order valence-corrected chi connectivity index (χ1v) is 7.24. The summed E-state index contributed by atoms with van der Waals surface area (Å²) < 4.78 is 16.6. The summed E-state index contributed by atoms with van der Waals surface area (Å²) in [4.78, 5) is 0. The fourth-order valence-electron chi connectivity index (χ4n) is 2.27. The van der Waals surface area contributed by atoms with Gasteiger partial charge in [-0.2, -0.15) is 0 Å². The van der Waals surface area contributed by atoms with Crippen molar-refractivity contribution in [1.82, 2.24) is 5.32 Å². The Kier molecular flexibility index (Phi) is 7.41. The van der Waals surface area contributed by atoms with Crippen LogP contribution in [-0.4, -0.2) is 33.5 Å². The average molecular weight is 281 g/mol. The van der Waals surface area contributed by atoms with Crippen molar-refractivity contribution in [1.29, 1.82) is 0 Å². The lowest BCUT2D eigenvalue weighted by atomic mass is 10.0. The van der Waals surface area contributed by atoms with E-state index in [9.17, 15) is 0 Å². The van der Waals surface area contributed by atoms with Gasteiger partial charge >= 0.3 is 0 Å². The van der Waals surface area contributed by atoms with Crippen LogP contribution < -0.4 is 14.8 Å². The molecule has 2 atom stereocenters. The zero-order valence-electron chi connectivity index (χ0n) is 13.2. The Bertz CT molecular complexity index is 395. The van der Waals surface area contributed by atoms with E-state index in [1.54, 1.807) is 14.2 Å². The maximum absolute atomic E-state index is 5.77. The predicted molar refractivity (Wildman–Crippen MR) is 81.7 cm³/mol. The molecular formula is C16H27NO3. The van der Waals surface area contributed by atoms with Crippen LogP contribution in [0.1, 0.15) is 38.8 Å². The lowest BCUT2D eigenvalue weighted by Gasteiger charge is -2.27. The molecule has 1 rings (SSSR count). The molecule has 0 radical (unpaired) electrons. The molecule has 0 aliphatic rings. The maximum Gasteiger partial charge on any atom is 0.124 e. The summed E-state index contributed by atoms with van der Waals surface area (Å²) >= 11 is 0. The van der Waals surface area contributed by atoms with Gasteiger partial charge in [0.2, 0.25) is 0 Å². The van der Waals surface area contributed by atoms with E-state index in [1.165, 1.54) is 0 Å². The van der Waals surface area contributed by atoms with Gasteiger partial charge in [-0.3, -0.25) is 0 Å². The van der Waals surface area contributed by atoms with Gasteiger partial charge in [0.25, 0.3) is 0 Å². The highest BCUT2D eigenvalue weighted by molar-refractivity contribution is 5.42. The van der Waals surface area contributed by atoms with Crippen LogP contribution in [0.4, 0.5) is 0 Å². The number of rotatable bonds is 9. The molecule has 0 spiro atoms. The predicted octanol–water partition coefficient (Wildman–Crippen LogP) is 3.17. The Morgan fingerprint density at radius 2 is 1.90 bits per heavy atom. The number of methoxy groups -OCH3 is 2. The summed E-state index contributed by atoms with van der Waals surface area (Å²) in [6, 6.07) is 5.94. The van der Waals surface area contributed by atoms with E-state index in [-0.39, 0.29) is 12.1 Å². The van der Waals surface area contributed by atoms with Crippen LogP contribution in [0, 0.1) is 0 Å². The van der Waals surface area contributed by atoms with Gasteiger partial charge in [-0.1, -0.05) is 6.92 Å². The normalized spacial score (nSPS) is 13.8. The fourth-order valence-corrected chi connectivity index (χ4v) is 2.27. The molecule has 0 amide bonds. The highest BCUT2D eigenvalue weighted by Gasteiger charge is 2.23. The van der Waals surface area contributed by atoms with Gasteiger partial charge in [0, 0.05) is 12.2 Å². The average Bonchev–Trinajstić information content (AvgIpc) is 2.47. The smallest absolute Gasteiger partial charge is 0.124 e. The van der Waals surface area contributed by atoms with E-state index in [0.29, 0.717) is 6.61 Å². The third kappa shape index (κ3) is 4.39. The third-order valence-corrected chi connectivity index (χ3v) is 3.29. The summed E-state index contributed by atoms with van der Waals surface area (Å²) in [7, 11) is 3.36. The molecule has 0 bridgehead atoms. The molecule has 0 heterocycles. The Hall–Kier alpha value is -1.26. The van der Waals surface area contributed by atoms with Crippen molar-refractivity contribution >= 4 is 0 Å². The van der Waals surface area contributed by atoms with Gasteiger partial charge < -0.3 is 19.5 Å². The number of hydrogen-bond acceptors (Lipinski definition) is 4. The Labute approximate surface area is 122 Å². The van der Waals surface area contributed by atoms with Gasteiger partial charge in [0.1, 0.15) is 11.5 Å². The Balaban J connectivity index is 3.09. The van der Waals surface area contributed by atoms with E-state index in [1.807, 2.05) is 25.1 Å². The topological polar surface area (TPSA) is 39.7 Å². The molecule has 0 aromatic heterocycles. The minimum Gasteiger partial charge on any atom is -0.497 e. The molecule has 0 fully saturated rings. The van der Waals surface area contributed by atoms with Crippen molar-refractivity contribution in [2.24, 2.45) is 0 Å². The van der Waals surface area contributed by atoms with Crippen molar-refractivity contribution in [3.63, 3.8) is 0 Å². The first-order chi connectivity index (χ1) is 9.67. The van der Waals surface area contributed by atoms with Crippen molar-refractivity contribution in [2.75, 3.05) is 27.4 Å². The van der Waals surface area contributed by atoms with Crippen molar-refractivity contribution in [3.8, 4) is 11.5 Å². The minimum absolute atomic E-state index is 0.0626. The van der Waals surface area contributed by atoms with Gasteiger partial charge in [0.15, 0.2) is 0 Å². The molecule has 0 aliphatic carbocycles. The van der Waals surface area contributed by atoms with Crippen LogP contribution in [0.3, 0.4) is 0 Å². The Morgan fingerprint density at radius 3 is 2.45 bits per heavy atom. The highest BCUT2D eigenvalue weighted by atomic mass is 16.5. The molecule has 0 aliphatic heterocycles. The zero-order valence-corrected chi connectivity index (χ0v) is 13.2. The monoisotopic (exact) mass is 281 g/mol.